The Kier molecular flexibility index (Phi) is 5.87. The normalized spacial score (nSPS) is 12.6. The number of nitrogens with zero attached hydrogens (tertiary/aromatic N) is 5. The summed E-state index contributed by atoms with van der Waals surface area (Å²) in [4.78, 5) is 21.6. The number of pyridine rings is 1. The van der Waals surface area contributed by atoms with E-state index in [0.717, 1.165) is 22.1 Å². The van der Waals surface area contributed by atoms with E-state index < -0.39 is 0 Å². The van der Waals surface area contributed by atoms with Gasteiger partial charge < -0.3 is 9.88 Å². The van der Waals surface area contributed by atoms with E-state index in [0.29, 0.717) is 22.4 Å². The lowest BCUT2D eigenvalue weighted by atomic mass is 10.2. The number of hydrogen-bond acceptors (Lipinski definition) is 6. The first-order valence-corrected chi connectivity index (χ1v) is 11.0. The summed E-state index contributed by atoms with van der Waals surface area (Å²) < 4.78 is 2.15. The molecular weight excluding hydrogens is 420 g/mol. The molecule has 7 nitrogen and oxygen atoms in total. The Hall–Kier alpha value is -2.71. The topological polar surface area (TPSA) is 85.6 Å². The lowest BCUT2D eigenvalue weighted by molar-refractivity contribution is -0.115. The molecule has 0 aliphatic heterocycles. The predicted molar refractivity (Wildman–Crippen MR) is 121 cm³/mol. The van der Waals surface area contributed by atoms with Crippen molar-refractivity contribution < 1.29 is 4.79 Å². The summed E-state index contributed by atoms with van der Waals surface area (Å²) in [6.45, 7) is 6.17. The molecule has 1 aromatic carbocycles. The number of anilines is 1. The zero-order chi connectivity index (χ0) is 21.3. The molecule has 4 aromatic rings. The minimum Gasteiger partial charge on any atom is -0.321 e. The van der Waals surface area contributed by atoms with Gasteiger partial charge in [-0.1, -0.05) is 48.5 Å². The van der Waals surface area contributed by atoms with Gasteiger partial charge in [0.2, 0.25) is 11.1 Å². The van der Waals surface area contributed by atoms with Gasteiger partial charge in [0.05, 0.1) is 15.8 Å². The minimum atomic E-state index is -0.376. The number of hydrogen-bond donors (Lipinski definition) is 1. The molecule has 3 aromatic heterocycles. The SMILES string of the molecule is CC[C@@H](Sc1nnc2c3ccccc3n(C(C)C)c2n1)C(=O)Nc1ccc(Cl)cn1. The number of halogens is 1. The Morgan fingerprint density at radius 3 is 2.70 bits per heavy atom. The third kappa shape index (κ3) is 3.97. The summed E-state index contributed by atoms with van der Waals surface area (Å²) in [6, 6.07) is 11.6. The fourth-order valence-electron chi connectivity index (χ4n) is 3.32. The molecule has 0 radical (unpaired) electrons. The van der Waals surface area contributed by atoms with Crippen molar-refractivity contribution in [3.63, 3.8) is 0 Å². The highest BCUT2D eigenvalue weighted by molar-refractivity contribution is 8.00. The van der Waals surface area contributed by atoms with Gasteiger partial charge in [-0.05, 0) is 38.5 Å². The smallest absolute Gasteiger partial charge is 0.239 e. The van der Waals surface area contributed by atoms with E-state index in [1.807, 2.05) is 25.1 Å². The molecule has 3 heterocycles. The second-order valence-corrected chi connectivity index (χ2v) is 8.72. The van der Waals surface area contributed by atoms with Crippen molar-refractivity contribution in [2.24, 2.45) is 0 Å². The summed E-state index contributed by atoms with van der Waals surface area (Å²) in [5.74, 6) is 0.295. The zero-order valence-corrected chi connectivity index (χ0v) is 18.4. The Morgan fingerprint density at radius 2 is 2.00 bits per heavy atom. The second kappa shape index (κ2) is 8.57. The minimum absolute atomic E-state index is 0.162. The summed E-state index contributed by atoms with van der Waals surface area (Å²) in [7, 11) is 0. The first-order chi connectivity index (χ1) is 14.5. The highest BCUT2D eigenvalue weighted by atomic mass is 35.5. The van der Waals surface area contributed by atoms with Crippen LogP contribution in [-0.4, -0.2) is 35.9 Å². The fraction of sp³-hybridized carbons (Fsp3) is 0.286. The van der Waals surface area contributed by atoms with Gasteiger partial charge >= 0.3 is 0 Å². The Labute approximate surface area is 183 Å². The Balaban J connectivity index is 1.63. The van der Waals surface area contributed by atoms with Crippen LogP contribution in [0.2, 0.25) is 5.02 Å². The maximum Gasteiger partial charge on any atom is 0.239 e. The number of carbonyl (C=O) groups excluding carboxylic acids is 1. The van der Waals surface area contributed by atoms with Crippen LogP contribution in [0.3, 0.4) is 0 Å². The average molecular weight is 441 g/mol. The van der Waals surface area contributed by atoms with Crippen LogP contribution in [0.15, 0.2) is 47.8 Å². The van der Waals surface area contributed by atoms with Crippen LogP contribution in [-0.2, 0) is 4.79 Å². The van der Waals surface area contributed by atoms with Crippen molar-refractivity contribution in [1.29, 1.82) is 0 Å². The second-order valence-electron chi connectivity index (χ2n) is 7.11. The van der Waals surface area contributed by atoms with E-state index in [4.69, 9.17) is 16.6 Å². The van der Waals surface area contributed by atoms with Gasteiger partial charge in [-0.3, -0.25) is 4.79 Å². The molecule has 0 aliphatic rings. The average Bonchev–Trinajstić information content (AvgIpc) is 3.07. The van der Waals surface area contributed by atoms with Crippen molar-refractivity contribution >= 4 is 57.2 Å². The van der Waals surface area contributed by atoms with Gasteiger partial charge in [-0.15, -0.1) is 10.2 Å². The first kappa shape index (κ1) is 20.6. The van der Waals surface area contributed by atoms with Gasteiger partial charge in [0.25, 0.3) is 0 Å². The molecule has 0 spiro atoms. The highest BCUT2D eigenvalue weighted by Gasteiger charge is 2.22. The third-order valence-corrected chi connectivity index (χ3v) is 6.14. The standard InChI is InChI=1S/C21H21ClN6OS/c1-4-16(20(29)24-17-10-9-13(22)11-23-17)30-21-25-19-18(26-27-21)14-7-5-6-8-15(14)28(19)12(2)3/h5-12,16H,4H2,1-3H3,(H,23,24,29)/t16-/m1/s1. The van der Waals surface area contributed by atoms with Crippen LogP contribution in [0.5, 0.6) is 0 Å². The lowest BCUT2D eigenvalue weighted by Crippen LogP contribution is -2.25. The van der Waals surface area contributed by atoms with E-state index >= 15 is 0 Å². The lowest BCUT2D eigenvalue weighted by Gasteiger charge is -2.14. The number of thioether (sulfide) groups is 1. The van der Waals surface area contributed by atoms with Gasteiger partial charge in [0, 0.05) is 17.6 Å². The van der Waals surface area contributed by atoms with Crippen molar-refractivity contribution in [2.75, 3.05) is 5.32 Å². The van der Waals surface area contributed by atoms with Gasteiger partial charge in [-0.2, -0.15) is 0 Å². The van der Waals surface area contributed by atoms with Crippen LogP contribution in [0.1, 0.15) is 33.2 Å². The highest BCUT2D eigenvalue weighted by Crippen LogP contribution is 2.31. The van der Waals surface area contributed by atoms with E-state index in [2.05, 4.69) is 45.0 Å². The van der Waals surface area contributed by atoms with E-state index in [9.17, 15) is 4.79 Å². The number of fused-ring (bicyclic) bond motifs is 3. The van der Waals surface area contributed by atoms with Gasteiger partial charge in [0.1, 0.15) is 11.3 Å². The van der Waals surface area contributed by atoms with Crippen molar-refractivity contribution in [3.8, 4) is 0 Å². The molecule has 0 bridgehead atoms. The molecule has 30 heavy (non-hydrogen) atoms. The monoisotopic (exact) mass is 440 g/mol. The molecule has 4 rings (SSSR count). The van der Waals surface area contributed by atoms with E-state index in [1.165, 1.54) is 18.0 Å². The van der Waals surface area contributed by atoms with Crippen molar-refractivity contribution in [3.05, 3.63) is 47.6 Å². The number of carbonyl (C=O) groups is 1. The number of rotatable bonds is 6. The Morgan fingerprint density at radius 1 is 1.20 bits per heavy atom. The summed E-state index contributed by atoms with van der Waals surface area (Å²) in [6.07, 6.45) is 2.11. The third-order valence-electron chi connectivity index (χ3n) is 4.70. The van der Waals surface area contributed by atoms with Crippen molar-refractivity contribution in [2.45, 2.75) is 43.6 Å². The Bertz CT molecular complexity index is 1210. The van der Waals surface area contributed by atoms with Crippen molar-refractivity contribution in [1.82, 2.24) is 24.7 Å². The van der Waals surface area contributed by atoms with E-state index in [-0.39, 0.29) is 17.2 Å². The molecule has 0 fully saturated rings. The number of aromatic nitrogens is 5. The molecule has 0 aliphatic carbocycles. The molecule has 1 amide bonds. The molecule has 0 unspecified atom stereocenters. The maximum absolute atomic E-state index is 12.7. The molecule has 1 atom stereocenters. The molecule has 0 saturated carbocycles. The molecule has 0 saturated heterocycles. The predicted octanol–water partition coefficient (Wildman–Crippen LogP) is 5.12. The fourth-order valence-corrected chi connectivity index (χ4v) is 4.25. The van der Waals surface area contributed by atoms with Crippen LogP contribution in [0.4, 0.5) is 5.82 Å². The van der Waals surface area contributed by atoms with Crippen LogP contribution >= 0.6 is 23.4 Å². The first-order valence-electron chi connectivity index (χ1n) is 9.70. The number of benzene rings is 1. The molecular formula is C21H21ClN6OS. The van der Waals surface area contributed by atoms with Gasteiger partial charge in [-0.25, -0.2) is 9.97 Å². The molecule has 154 valence electrons. The largest absolute Gasteiger partial charge is 0.321 e. The van der Waals surface area contributed by atoms with Crippen LogP contribution in [0, 0.1) is 0 Å². The summed E-state index contributed by atoms with van der Waals surface area (Å²) >= 11 is 7.15. The number of nitrogens with one attached hydrogen (secondary N) is 1. The zero-order valence-electron chi connectivity index (χ0n) is 16.8. The van der Waals surface area contributed by atoms with E-state index in [1.54, 1.807) is 12.1 Å². The molecule has 1 N–H and O–H groups in total. The summed E-state index contributed by atoms with van der Waals surface area (Å²) in [5.41, 5.74) is 2.62. The number of para-hydroxylation sites is 1. The van der Waals surface area contributed by atoms with Gasteiger partial charge in [0.15, 0.2) is 5.65 Å². The quantitative estimate of drug-likeness (QED) is 0.419. The summed E-state index contributed by atoms with van der Waals surface area (Å²) in [5, 5.41) is 13.2. The maximum atomic E-state index is 12.7. The number of amides is 1. The molecule has 9 heteroatoms. The van der Waals surface area contributed by atoms with Crippen LogP contribution < -0.4 is 5.32 Å². The van der Waals surface area contributed by atoms with Crippen LogP contribution in [0.25, 0.3) is 22.1 Å².